The molecule has 15 heavy (non-hydrogen) atoms. The molecule has 82 valence electrons. The summed E-state index contributed by atoms with van der Waals surface area (Å²) in [6, 6.07) is 9.98. The van der Waals surface area contributed by atoms with E-state index in [4.69, 9.17) is 11.6 Å². The lowest BCUT2D eigenvalue weighted by Gasteiger charge is -2.39. The third kappa shape index (κ3) is 2.07. The summed E-state index contributed by atoms with van der Waals surface area (Å²) < 4.78 is 0. The van der Waals surface area contributed by atoms with Gasteiger partial charge in [-0.2, -0.15) is 0 Å². The molecule has 0 saturated heterocycles. The van der Waals surface area contributed by atoms with Crippen LogP contribution in [-0.2, 0) is 10.2 Å². The highest BCUT2D eigenvalue weighted by Crippen LogP contribution is 2.42. The smallest absolute Gasteiger partial charge is 0.228 e. The average molecular weight is 225 g/mol. The van der Waals surface area contributed by atoms with Gasteiger partial charge in [0.15, 0.2) is 0 Å². The second-order valence-electron chi connectivity index (χ2n) is 4.89. The molecule has 1 aromatic carbocycles. The van der Waals surface area contributed by atoms with Gasteiger partial charge < -0.3 is 0 Å². The SMILES string of the molecule is CC(C)(C(=O)Cl)C(C)(C)c1ccccc1. The van der Waals surface area contributed by atoms with Crippen molar-refractivity contribution in [3.8, 4) is 0 Å². The minimum atomic E-state index is -0.574. The zero-order chi connectivity index (χ0) is 11.7. The molecule has 1 aromatic rings. The molecule has 0 atom stereocenters. The van der Waals surface area contributed by atoms with Crippen LogP contribution in [0.3, 0.4) is 0 Å². The second-order valence-corrected chi connectivity index (χ2v) is 5.23. The third-order valence-corrected chi connectivity index (χ3v) is 4.02. The van der Waals surface area contributed by atoms with Gasteiger partial charge in [0.05, 0.1) is 0 Å². The zero-order valence-corrected chi connectivity index (χ0v) is 10.4. The first-order valence-electron chi connectivity index (χ1n) is 5.05. The van der Waals surface area contributed by atoms with Crippen LogP contribution in [0.1, 0.15) is 33.3 Å². The fourth-order valence-electron chi connectivity index (χ4n) is 1.46. The van der Waals surface area contributed by atoms with Gasteiger partial charge in [-0.3, -0.25) is 4.79 Å². The molecule has 0 amide bonds. The Balaban J connectivity index is 3.19. The van der Waals surface area contributed by atoms with Crippen molar-refractivity contribution in [2.75, 3.05) is 0 Å². The highest BCUT2D eigenvalue weighted by molar-refractivity contribution is 6.64. The van der Waals surface area contributed by atoms with E-state index in [1.54, 1.807) is 0 Å². The Morgan fingerprint density at radius 3 is 1.93 bits per heavy atom. The lowest BCUT2D eigenvalue weighted by atomic mass is 9.65. The van der Waals surface area contributed by atoms with Gasteiger partial charge >= 0.3 is 0 Å². The van der Waals surface area contributed by atoms with Crippen LogP contribution in [-0.4, -0.2) is 5.24 Å². The summed E-state index contributed by atoms with van der Waals surface area (Å²) in [7, 11) is 0. The van der Waals surface area contributed by atoms with Gasteiger partial charge in [0.2, 0.25) is 5.24 Å². The van der Waals surface area contributed by atoms with Crippen LogP contribution in [0, 0.1) is 5.41 Å². The molecular weight excluding hydrogens is 208 g/mol. The highest BCUT2D eigenvalue weighted by Gasteiger charge is 2.43. The van der Waals surface area contributed by atoms with Crippen LogP contribution in [0.15, 0.2) is 30.3 Å². The monoisotopic (exact) mass is 224 g/mol. The maximum absolute atomic E-state index is 11.5. The van der Waals surface area contributed by atoms with E-state index in [1.807, 2.05) is 58.0 Å². The molecule has 0 saturated carbocycles. The third-order valence-electron chi connectivity index (χ3n) is 3.55. The molecule has 0 radical (unpaired) electrons. The van der Waals surface area contributed by atoms with Crippen LogP contribution in [0.2, 0.25) is 0 Å². The first-order valence-corrected chi connectivity index (χ1v) is 5.43. The quantitative estimate of drug-likeness (QED) is 0.715. The summed E-state index contributed by atoms with van der Waals surface area (Å²) in [6.45, 7) is 7.86. The first-order chi connectivity index (χ1) is 6.80. The standard InChI is InChI=1S/C13H17ClO/c1-12(2,13(3,4)11(14)15)10-8-6-5-7-9-10/h5-9H,1-4H3. The summed E-state index contributed by atoms with van der Waals surface area (Å²) in [4.78, 5) is 11.5. The van der Waals surface area contributed by atoms with Crippen LogP contribution in [0.5, 0.6) is 0 Å². The van der Waals surface area contributed by atoms with Gasteiger partial charge in [-0.1, -0.05) is 58.0 Å². The van der Waals surface area contributed by atoms with E-state index in [1.165, 1.54) is 0 Å². The maximum Gasteiger partial charge on any atom is 0.228 e. The van der Waals surface area contributed by atoms with Crippen molar-refractivity contribution >= 4 is 16.8 Å². The van der Waals surface area contributed by atoms with E-state index < -0.39 is 5.41 Å². The fourth-order valence-corrected chi connectivity index (χ4v) is 1.70. The fraction of sp³-hybridized carbons (Fsp3) is 0.462. The first kappa shape index (κ1) is 12.3. The molecule has 0 aliphatic heterocycles. The van der Waals surface area contributed by atoms with Gasteiger partial charge in [-0.25, -0.2) is 0 Å². The topological polar surface area (TPSA) is 17.1 Å². The predicted molar refractivity (Wildman–Crippen MR) is 64.1 cm³/mol. The zero-order valence-electron chi connectivity index (χ0n) is 9.67. The number of hydrogen-bond donors (Lipinski definition) is 0. The van der Waals surface area contributed by atoms with E-state index in [9.17, 15) is 4.79 Å². The van der Waals surface area contributed by atoms with E-state index >= 15 is 0 Å². The van der Waals surface area contributed by atoms with E-state index in [2.05, 4.69) is 0 Å². The number of hydrogen-bond acceptors (Lipinski definition) is 1. The summed E-state index contributed by atoms with van der Waals surface area (Å²) in [5.41, 5.74) is 0.284. The number of carbonyl (C=O) groups is 1. The normalized spacial score (nSPS) is 12.6. The molecule has 0 aliphatic rings. The molecule has 1 rings (SSSR count). The molecule has 0 aromatic heterocycles. The molecule has 0 fully saturated rings. The van der Waals surface area contributed by atoms with E-state index in [0.29, 0.717) is 0 Å². The number of rotatable bonds is 3. The lowest BCUT2D eigenvalue weighted by Crippen LogP contribution is -2.40. The number of carbonyl (C=O) groups excluding carboxylic acids is 1. The van der Waals surface area contributed by atoms with E-state index in [-0.39, 0.29) is 10.7 Å². The summed E-state index contributed by atoms with van der Waals surface area (Å²) >= 11 is 5.66. The molecule has 0 N–H and O–H groups in total. The van der Waals surface area contributed by atoms with Crippen LogP contribution >= 0.6 is 11.6 Å². The molecule has 1 nitrogen and oxygen atoms in total. The Kier molecular flexibility index (Phi) is 3.25. The van der Waals surface area contributed by atoms with Crippen molar-refractivity contribution in [2.24, 2.45) is 5.41 Å². The Hall–Kier alpha value is -0.820. The van der Waals surface area contributed by atoms with Crippen LogP contribution in [0.4, 0.5) is 0 Å². The molecule has 0 heterocycles. The highest BCUT2D eigenvalue weighted by atomic mass is 35.5. The van der Waals surface area contributed by atoms with Gasteiger partial charge in [0.1, 0.15) is 0 Å². The molecular formula is C13H17ClO. The van der Waals surface area contributed by atoms with Crippen molar-refractivity contribution in [1.29, 1.82) is 0 Å². The summed E-state index contributed by atoms with van der Waals surface area (Å²) in [5, 5.41) is -0.295. The van der Waals surface area contributed by atoms with Crippen molar-refractivity contribution < 1.29 is 4.79 Å². The largest absolute Gasteiger partial charge is 0.281 e. The minimum absolute atomic E-state index is 0.271. The minimum Gasteiger partial charge on any atom is -0.281 e. The van der Waals surface area contributed by atoms with Crippen molar-refractivity contribution in [3.05, 3.63) is 35.9 Å². The molecule has 0 aliphatic carbocycles. The number of benzene rings is 1. The van der Waals surface area contributed by atoms with Gasteiger partial charge in [-0.05, 0) is 17.2 Å². The Bertz CT molecular complexity index is 352. The Labute approximate surface area is 96.5 Å². The molecule has 2 heteroatoms. The van der Waals surface area contributed by atoms with Gasteiger partial charge in [0, 0.05) is 10.8 Å². The molecule has 0 unspecified atom stereocenters. The molecule has 0 bridgehead atoms. The summed E-state index contributed by atoms with van der Waals surface area (Å²) in [6.07, 6.45) is 0. The summed E-state index contributed by atoms with van der Waals surface area (Å²) in [5.74, 6) is 0. The van der Waals surface area contributed by atoms with Crippen LogP contribution in [0.25, 0.3) is 0 Å². The van der Waals surface area contributed by atoms with Crippen LogP contribution < -0.4 is 0 Å². The van der Waals surface area contributed by atoms with Gasteiger partial charge in [0.25, 0.3) is 0 Å². The Morgan fingerprint density at radius 2 is 1.53 bits per heavy atom. The predicted octanol–water partition coefficient (Wildman–Crippen LogP) is 3.76. The lowest BCUT2D eigenvalue weighted by molar-refractivity contribution is -0.121. The second kappa shape index (κ2) is 3.97. The van der Waals surface area contributed by atoms with Crippen molar-refractivity contribution in [1.82, 2.24) is 0 Å². The van der Waals surface area contributed by atoms with Crippen molar-refractivity contribution in [3.63, 3.8) is 0 Å². The average Bonchev–Trinajstić information content (AvgIpc) is 2.18. The van der Waals surface area contributed by atoms with Gasteiger partial charge in [-0.15, -0.1) is 0 Å². The van der Waals surface area contributed by atoms with E-state index in [0.717, 1.165) is 5.56 Å². The maximum atomic E-state index is 11.5. The molecule has 0 spiro atoms. The number of halogens is 1. The Morgan fingerprint density at radius 1 is 1.07 bits per heavy atom. The van der Waals surface area contributed by atoms with Crippen molar-refractivity contribution in [2.45, 2.75) is 33.1 Å².